The zero-order chi connectivity index (χ0) is 13.0. The molecule has 96 valence electrons. The van der Waals surface area contributed by atoms with Gasteiger partial charge in [-0.25, -0.2) is 9.97 Å². The van der Waals surface area contributed by atoms with Crippen LogP contribution in [0.2, 0.25) is 0 Å². The number of hydrogen-bond acceptors (Lipinski definition) is 3. The van der Waals surface area contributed by atoms with Gasteiger partial charge in [0.05, 0.1) is 28.3 Å². The molecule has 0 saturated carbocycles. The van der Waals surface area contributed by atoms with E-state index < -0.39 is 0 Å². The van der Waals surface area contributed by atoms with Crippen LogP contribution in [-0.2, 0) is 20.0 Å². The zero-order valence-corrected chi connectivity index (χ0v) is 10.8. The lowest BCUT2D eigenvalue weighted by atomic mass is 10.1. The Kier molecular flexibility index (Phi) is 2.07. The van der Waals surface area contributed by atoms with E-state index in [4.69, 9.17) is 0 Å². The normalized spacial score (nSPS) is 15.0. The van der Waals surface area contributed by atoms with E-state index in [1.807, 2.05) is 12.1 Å². The first kappa shape index (κ1) is 10.7. The second kappa shape index (κ2) is 3.66. The second-order valence-electron chi connectivity index (χ2n) is 5.16. The molecule has 5 nitrogen and oxygen atoms in total. The first-order chi connectivity index (χ1) is 9.24. The molecule has 5 heteroatoms. The highest BCUT2D eigenvalue weighted by molar-refractivity contribution is 5.92. The van der Waals surface area contributed by atoms with Crippen molar-refractivity contribution in [3.63, 3.8) is 0 Å². The highest BCUT2D eigenvalue weighted by atomic mass is 16.1. The lowest BCUT2D eigenvalue weighted by Crippen LogP contribution is -2.16. The predicted molar refractivity (Wildman–Crippen MR) is 73.2 cm³/mol. The first-order valence-electron chi connectivity index (χ1n) is 6.58. The van der Waals surface area contributed by atoms with Gasteiger partial charge >= 0.3 is 0 Å². The van der Waals surface area contributed by atoms with Crippen LogP contribution < -0.4 is 5.56 Å². The molecule has 0 aliphatic carbocycles. The number of rotatable bonds is 0. The van der Waals surface area contributed by atoms with Crippen molar-refractivity contribution in [2.75, 3.05) is 0 Å². The Hall–Kier alpha value is -2.17. The van der Waals surface area contributed by atoms with Gasteiger partial charge in [0.15, 0.2) is 0 Å². The Morgan fingerprint density at radius 3 is 3.00 bits per heavy atom. The van der Waals surface area contributed by atoms with Gasteiger partial charge in [0, 0.05) is 20.0 Å². The van der Waals surface area contributed by atoms with Crippen LogP contribution in [-0.4, -0.2) is 19.1 Å². The van der Waals surface area contributed by atoms with Crippen molar-refractivity contribution in [2.45, 2.75) is 25.8 Å². The summed E-state index contributed by atoms with van der Waals surface area (Å²) in [5, 5.41) is 0.646. The van der Waals surface area contributed by atoms with Gasteiger partial charge in [-0.05, 0) is 25.0 Å². The molecule has 0 unspecified atom stereocenters. The molecule has 4 rings (SSSR count). The van der Waals surface area contributed by atoms with Gasteiger partial charge in [-0.3, -0.25) is 4.79 Å². The van der Waals surface area contributed by atoms with E-state index in [0.29, 0.717) is 5.39 Å². The maximum Gasteiger partial charge on any atom is 0.260 e. The van der Waals surface area contributed by atoms with Gasteiger partial charge in [0.1, 0.15) is 5.82 Å². The van der Waals surface area contributed by atoms with E-state index in [1.165, 1.54) is 17.4 Å². The van der Waals surface area contributed by atoms with Crippen LogP contribution in [0, 0.1) is 0 Å². The number of aryl methyl sites for hydroxylation is 3. The number of benzene rings is 1. The van der Waals surface area contributed by atoms with Crippen molar-refractivity contribution in [1.82, 2.24) is 19.1 Å². The quantitative estimate of drug-likeness (QED) is 0.612. The maximum atomic E-state index is 12.1. The standard InChI is InChI=1S/C14H14N4O/c1-17-8-15-10-7-12-11(6-9(10)14(17)19)16-13-4-2-3-5-18(12)13/h6-8H,2-5H2,1H3. The minimum atomic E-state index is -0.0159. The van der Waals surface area contributed by atoms with Gasteiger partial charge in [0.25, 0.3) is 5.56 Å². The van der Waals surface area contributed by atoms with E-state index in [1.54, 1.807) is 13.4 Å². The Bertz CT molecular complexity index is 859. The summed E-state index contributed by atoms with van der Waals surface area (Å²) < 4.78 is 3.77. The summed E-state index contributed by atoms with van der Waals surface area (Å²) in [6.45, 7) is 1.02. The summed E-state index contributed by atoms with van der Waals surface area (Å²) in [6.07, 6.45) is 4.99. The van der Waals surface area contributed by atoms with Gasteiger partial charge in [-0.1, -0.05) is 0 Å². The molecule has 0 amide bonds. The molecule has 1 aromatic carbocycles. The zero-order valence-electron chi connectivity index (χ0n) is 10.8. The molecule has 1 aliphatic rings. The Labute approximate surface area is 109 Å². The van der Waals surface area contributed by atoms with Crippen LogP contribution >= 0.6 is 0 Å². The summed E-state index contributed by atoms with van der Waals surface area (Å²) in [6, 6.07) is 3.87. The van der Waals surface area contributed by atoms with Gasteiger partial charge in [-0.15, -0.1) is 0 Å². The van der Waals surface area contributed by atoms with E-state index in [0.717, 1.165) is 35.3 Å². The largest absolute Gasteiger partial charge is 0.328 e. The number of fused-ring (bicyclic) bond motifs is 4. The average molecular weight is 254 g/mol. The van der Waals surface area contributed by atoms with E-state index in [-0.39, 0.29) is 5.56 Å². The van der Waals surface area contributed by atoms with E-state index in [9.17, 15) is 4.79 Å². The van der Waals surface area contributed by atoms with Crippen LogP contribution in [0.5, 0.6) is 0 Å². The number of hydrogen-bond donors (Lipinski definition) is 0. The van der Waals surface area contributed by atoms with Crippen LogP contribution in [0.4, 0.5) is 0 Å². The van der Waals surface area contributed by atoms with Crippen molar-refractivity contribution in [1.29, 1.82) is 0 Å². The summed E-state index contributed by atoms with van der Waals surface area (Å²) in [5.74, 6) is 1.13. The molecule has 0 bridgehead atoms. The summed E-state index contributed by atoms with van der Waals surface area (Å²) in [5.41, 5.74) is 2.75. The van der Waals surface area contributed by atoms with E-state index >= 15 is 0 Å². The van der Waals surface area contributed by atoms with Crippen molar-refractivity contribution in [2.24, 2.45) is 7.05 Å². The lowest BCUT2D eigenvalue weighted by molar-refractivity contribution is 0.533. The smallest absolute Gasteiger partial charge is 0.260 e. The molecular formula is C14H14N4O. The third kappa shape index (κ3) is 1.44. The number of nitrogens with zero attached hydrogens (tertiary/aromatic N) is 4. The van der Waals surface area contributed by atoms with Crippen LogP contribution in [0.3, 0.4) is 0 Å². The van der Waals surface area contributed by atoms with Crippen molar-refractivity contribution in [3.8, 4) is 0 Å². The minimum absolute atomic E-state index is 0.0159. The van der Waals surface area contributed by atoms with Crippen LogP contribution in [0.1, 0.15) is 18.7 Å². The monoisotopic (exact) mass is 254 g/mol. The molecule has 0 saturated heterocycles. The van der Waals surface area contributed by atoms with Gasteiger partial charge < -0.3 is 9.13 Å². The summed E-state index contributed by atoms with van der Waals surface area (Å²) in [4.78, 5) is 21.1. The molecule has 0 N–H and O–H groups in total. The van der Waals surface area contributed by atoms with Crippen molar-refractivity contribution < 1.29 is 0 Å². The SMILES string of the molecule is Cn1cnc2cc3c(cc2c1=O)nc1n3CCCC1. The topological polar surface area (TPSA) is 52.7 Å². The Morgan fingerprint density at radius 2 is 2.11 bits per heavy atom. The molecule has 0 spiro atoms. The number of aromatic nitrogens is 4. The fourth-order valence-corrected chi connectivity index (χ4v) is 2.87. The molecule has 0 radical (unpaired) electrons. The molecule has 0 atom stereocenters. The molecule has 0 fully saturated rings. The highest BCUT2D eigenvalue weighted by Gasteiger charge is 2.16. The van der Waals surface area contributed by atoms with Gasteiger partial charge in [-0.2, -0.15) is 0 Å². The third-order valence-electron chi connectivity index (χ3n) is 3.90. The summed E-state index contributed by atoms with van der Waals surface area (Å²) in [7, 11) is 1.72. The molecule has 1 aliphatic heterocycles. The van der Waals surface area contributed by atoms with Gasteiger partial charge in [0.2, 0.25) is 0 Å². The van der Waals surface area contributed by atoms with Crippen molar-refractivity contribution >= 4 is 21.9 Å². The lowest BCUT2D eigenvalue weighted by Gasteiger charge is -2.13. The number of imidazole rings is 1. The third-order valence-corrected chi connectivity index (χ3v) is 3.90. The fourth-order valence-electron chi connectivity index (χ4n) is 2.87. The minimum Gasteiger partial charge on any atom is -0.328 e. The molecular weight excluding hydrogens is 240 g/mol. The first-order valence-corrected chi connectivity index (χ1v) is 6.58. The summed E-state index contributed by atoms with van der Waals surface area (Å²) >= 11 is 0. The molecule has 3 aromatic rings. The molecule has 3 heterocycles. The highest BCUT2D eigenvalue weighted by Crippen LogP contribution is 2.24. The maximum absolute atomic E-state index is 12.1. The molecule has 19 heavy (non-hydrogen) atoms. The van der Waals surface area contributed by atoms with Crippen LogP contribution in [0.15, 0.2) is 23.3 Å². The fraction of sp³-hybridized carbons (Fsp3) is 0.357. The van der Waals surface area contributed by atoms with Crippen LogP contribution in [0.25, 0.3) is 21.9 Å². The second-order valence-corrected chi connectivity index (χ2v) is 5.16. The van der Waals surface area contributed by atoms with Crippen molar-refractivity contribution in [3.05, 3.63) is 34.6 Å². The predicted octanol–water partition coefficient (Wildman–Crippen LogP) is 1.62. The molecule has 2 aromatic heterocycles. The van der Waals surface area contributed by atoms with E-state index in [2.05, 4.69) is 14.5 Å². The Balaban J connectivity index is 2.14. The average Bonchev–Trinajstić information content (AvgIpc) is 2.79. The Morgan fingerprint density at radius 1 is 1.21 bits per heavy atom.